The van der Waals surface area contributed by atoms with Crippen molar-refractivity contribution < 1.29 is 28.4 Å². The maximum absolute atomic E-state index is 14.3. The van der Waals surface area contributed by atoms with Crippen molar-refractivity contribution in [3.05, 3.63) is 57.9 Å². The average Bonchev–Trinajstić information content (AvgIpc) is 2.85. The molecule has 2 amide bonds. The number of amides is 2. The first-order valence-electron chi connectivity index (χ1n) is 11.1. The van der Waals surface area contributed by atoms with Crippen LogP contribution in [0.1, 0.15) is 16.8 Å². The van der Waals surface area contributed by atoms with Crippen molar-refractivity contribution in [1.82, 2.24) is 4.90 Å². The predicted molar refractivity (Wildman–Crippen MR) is 128 cm³/mol. The van der Waals surface area contributed by atoms with Crippen molar-refractivity contribution in [2.45, 2.75) is 6.42 Å². The third-order valence-electron chi connectivity index (χ3n) is 5.34. The fourth-order valence-electron chi connectivity index (χ4n) is 3.46. The molecule has 1 aliphatic heterocycles. The van der Waals surface area contributed by atoms with Gasteiger partial charge in [0.05, 0.1) is 30.4 Å². The van der Waals surface area contributed by atoms with E-state index >= 15 is 0 Å². The summed E-state index contributed by atoms with van der Waals surface area (Å²) in [6.07, 6.45) is 0.185. The van der Waals surface area contributed by atoms with Gasteiger partial charge in [0.2, 0.25) is 5.91 Å². The van der Waals surface area contributed by atoms with E-state index in [1.807, 2.05) is 0 Å². The average molecular weight is 490 g/mol. The number of hydrogen-bond donors (Lipinski definition) is 3. The lowest BCUT2D eigenvalue weighted by atomic mass is 10.1. The zero-order chi connectivity index (χ0) is 25.2. The van der Waals surface area contributed by atoms with Crippen LogP contribution >= 0.6 is 0 Å². The zero-order valence-corrected chi connectivity index (χ0v) is 19.3. The molecular formula is C23H28FN5O6. The molecule has 0 aliphatic carbocycles. The van der Waals surface area contributed by atoms with Crippen molar-refractivity contribution in [3.63, 3.8) is 0 Å². The molecule has 0 aromatic heterocycles. The van der Waals surface area contributed by atoms with Gasteiger partial charge < -0.3 is 25.4 Å². The Hall–Kier alpha value is -3.61. The number of benzene rings is 2. The number of nitro groups is 1. The fraction of sp³-hybridized carbons (Fsp3) is 0.391. The largest absolute Gasteiger partial charge is 0.383 e. The molecule has 0 unspecified atom stereocenters. The number of methoxy groups -OCH3 is 1. The van der Waals surface area contributed by atoms with Crippen molar-refractivity contribution >= 4 is 34.6 Å². The third kappa shape index (κ3) is 7.70. The summed E-state index contributed by atoms with van der Waals surface area (Å²) in [5.74, 6) is -1.62. The minimum Gasteiger partial charge on any atom is -0.383 e. The molecule has 1 saturated heterocycles. The highest BCUT2D eigenvalue weighted by Crippen LogP contribution is 2.26. The number of carbonyl (C=O) groups is 2. The molecular weight excluding hydrogens is 461 g/mol. The molecule has 0 radical (unpaired) electrons. The van der Waals surface area contributed by atoms with Crippen LogP contribution in [-0.2, 0) is 14.3 Å². The maximum Gasteiger partial charge on any atom is 0.293 e. The van der Waals surface area contributed by atoms with Gasteiger partial charge in [0.15, 0.2) is 0 Å². The summed E-state index contributed by atoms with van der Waals surface area (Å²) in [6.45, 7) is 3.97. The van der Waals surface area contributed by atoms with Gasteiger partial charge in [-0.15, -0.1) is 0 Å². The first kappa shape index (κ1) is 26.0. The number of nitro benzene ring substituents is 1. The Kier molecular flexibility index (Phi) is 9.47. The summed E-state index contributed by atoms with van der Waals surface area (Å²) in [7, 11) is 1.52. The van der Waals surface area contributed by atoms with Gasteiger partial charge >= 0.3 is 0 Å². The summed E-state index contributed by atoms with van der Waals surface area (Å²) < 4.78 is 24.4. The van der Waals surface area contributed by atoms with Gasteiger partial charge in [-0.2, -0.15) is 0 Å². The SMILES string of the molecule is COCCNc1ccc(C(=O)Nc2ccc(F)c(NC(=O)CCN3CCOCC3)c2)cc1[N+](=O)[O-]. The summed E-state index contributed by atoms with van der Waals surface area (Å²) >= 11 is 0. The fourth-order valence-corrected chi connectivity index (χ4v) is 3.46. The summed E-state index contributed by atoms with van der Waals surface area (Å²) in [5, 5.41) is 19.4. The minimum absolute atomic E-state index is 0.0504. The first-order valence-corrected chi connectivity index (χ1v) is 11.1. The molecule has 0 bridgehead atoms. The van der Waals surface area contributed by atoms with Crippen molar-refractivity contribution in [2.24, 2.45) is 0 Å². The van der Waals surface area contributed by atoms with E-state index in [1.54, 1.807) is 0 Å². The minimum atomic E-state index is -0.648. The van der Waals surface area contributed by atoms with E-state index in [4.69, 9.17) is 9.47 Å². The lowest BCUT2D eigenvalue weighted by molar-refractivity contribution is -0.384. The van der Waals surface area contributed by atoms with Crippen LogP contribution in [0.15, 0.2) is 36.4 Å². The normalized spacial score (nSPS) is 13.8. The van der Waals surface area contributed by atoms with E-state index in [0.29, 0.717) is 32.9 Å². The van der Waals surface area contributed by atoms with Crippen LogP contribution in [0.3, 0.4) is 0 Å². The van der Waals surface area contributed by atoms with E-state index in [9.17, 15) is 24.1 Å². The van der Waals surface area contributed by atoms with Crippen molar-refractivity contribution in [2.75, 3.05) is 69.1 Å². The number of halogens is 1. The van der Waals surface area contributed by atoms with Gasteiger partial charge in [0.25, 0.3) is 11.6 Å². The lowest BCUT2D eigenvalue weighted by Gasteiger charge is -2.26. The van der Waals surface area contributed by atoms with Gasteiger partial charge in [-0.3, -0.25) is 24.6 Å². The molecule has 1 aliphatic rings. The topological polar surface area (TPSA) is 135 Å². The summed E-state index contributed by atoms with van der Waals surface area (Å²) in [5.41, 5.74) is 0.200. The number of carbonyl (C=O) groups excluding carboxylic acids is 2. The molecule has 3 N–H and O–H groups in total. The molecule has 2 aromatic carbocycles. The Morgan fingerprint density at radius 3 is 2.63 bits per heavy atom. The quantitative estimate of drug-likeness (QED) is 0.249. The Morgan fingerprint density at radius 2 is 1.91 bits per heavy atom. The Balaban J connectivity index is 1.63. The Bertz CT molecular complexity index is 1060. The maximum atomic E-state index is 14.3. The van der Waals surface area contributed by atoms with Crippen LogP contribution in [0.25, 0.3) is 0 Å². The molecule has 35 heavy (non-hydrogen) atoms. The molecule has 1 fully saturated rings. The smallest absolute Gasteiger partial charge is 0.293 e. The Labute approximate surface area is 201 Å². The van der Waals surface area contributed by atoms with Crippen molar-refractivity contribution in [3.8, 4) is 0 Å². The van der Waals surface area contributed by atoms with Crippen LogP contribution in [-0.4, -0.2) is 74.7 Å². The number of rotatable bonds is 11. The first-order chi connectivity index (χ1) is 16.9. The molecule has 3 rings (SSSR count). The molecule has 1 heterocycles. The number of hydrogen-bond acceptors (Lipinski definition) is 8. The predicted octanol–water partition coefficient (Wildman–Crippen LogP) is 2.71. The van der Waals surface area contributed by atoms with Crippen LogP contribution in [0.4, 0.5) is 27.1 Å². The molecule has 2 aromatic rings. The van der Waals surface area contributed by atoms with Gasteiger partial charge in [-0.1, -0.05) is 0 Å². The van der Waals surface area contributed by atoms with E-state index < -0.39 is 16.6 Å². The van der Waals surface area contributed by atoms with Crippen molar-refractivity contribution in [1.29, 1.82) is 0 Å². The molecule has 0 spiro atoms. The van der Waals surface area contributed by atoms with Crippen LogP contribution in [0, 0.1) is 15.9 Å². The third-order valence-corrected chi connectivity index (χ3v) is 5.34. The van der Waals surface area contributed by atoms with Gasteiger partial charge in [-0.05, 0) is 30.3 Å². The lowest BCUT2D eigenvalue weighted by Crippen LogP contribution is -2.38. The van der Waals surface area contributed by atoms with E-state index in [-0.39, 0.29) is 40.6 Å². The second kappa shape index (κ2) is 12.7. The van der Waals surface area contributed by atoms with E-state index in [0.717, 1.165) is 25.2 Å². The molecule has 0 atom stereocenters. The van der Waals surface area contributed by atoms with Gasteiger partial charge in [0, 0.05) is 57.0 Å². The van der Waals surface area contributed by atoms with Crippen LogP contribution in [0.2, 0.25) is 0 Å². The standard InChI is InChI=1S/C23H28FN5O6/c1-34-11-7-25-19-5-2-16(14-21(19)29(32)33)23(31)26-17-3-4-18(24)20(15-17)27-22(30)6-8-28-9-12-35-13-10-28/h2-5,14-15,25H,6-13H2,1H3,(H,26,31)(H,27,30). The number of anilines is 3. The van der Waals surface area contributed by atoms with E-state index in [2.05, 4.69) is 20.9 Å². The Morgan fingerprint density at radius 1 is 1.14 bits per heavy atom. The van der Waals surface area contributed by atoms with Gasteiger partial charge in [-0.25, -0.2) is 4.39 Å². The summed E-state index contributed by atoms with van der Waals surface area (Å²) in [6, 6.07) is 7.80. The zero-order valence-electron chi connectivity index (χ0n) is 19.3. The van der Waals surface area contributed by atoms with Crippen LogP contribution < -0.4 is 16.0 Å². The van der Waals surface area contributed by atoms with E-state index in [1.165, 1.54) is 31.4 Å². The van der Waals surface area contributed by atoms with Gasteiger partial charge in [0.1, 0.15) is 11.5 Å². The molecule has 188 valence electrons. The number of nitrogens with one attached hydrogen (secondary N) is 3. The summed E-state index contributed by atoms with van der Waals surface area (Å²) in [4.78, 5) is 37.9. The molecule has 12 heteroatoms. The van der Waals surface area contributed by atoms with Crippen LogP contribution in [0.5, 0.6) is 0 Å². The highest BCUT2D eigenvalue weighted by atomic mass is 19.1. The highest BCUT2D eigenvalue weighted by molar-refractivity contribution is 6.05. The number of nitrogens with zero attached hydrogens (tertiary/aromatic N) is 2. The number of morpholine rings is 1. The second-order valence-corrected chi connectivity index (χ2v) is 7.81. The molecule has 0 saturated carbocycles. The molecule has 11 nitrogen and oxygen atoms in total. The monoisotopic (exact) mass is 489 g/mol. The second-order valence-electron chi connectivity index (χ2n) is 7.81. The number of ether oxygens (including phenoxy) is 2. The highest BCUT2D eigenvalue weighted by Gasteiger charge is 2.18.